The molecule has 0 amide bonds. The van der Waals surface area contributed by atoms with Crippen LogP contribution in [-0.2, 0) is 26.2 Å². The number of hydrogen-bond donors (Lipinski definition) is 3. The Hall–Kier alpha value is -3.99. The topological polar surface area (TPSA) is 127 Å². The second-order valence-corrected chi connectivity index (χ2v) is 10.9. The van der Waals surface area contributed by atoms with Crippen molar-refractivity contribution in [1.82, 2.24) is 9.80 Å². The Labute approximate surface area is 229 Å². The highest BCUT2D eigenvalue weighted by Gasteiger charge is 2.26. The minimum atomic E-state index is -3.27. The molecule has 1 heterocycles. The summed E-state index contributed by atoms with van der Waals surface area (Å²) >= 11 is 0. The Morgan fingerprint density at radius 2 is 1.33 bits per heavy atom. The molecule has 206 valence electrons. The molecule has 10 heteroatoms. The highest BCUT2D eigenvalue weighted by atomic mass is 32.2. The van der Waals surface area contributed by atoms with E-state index in [1.807, 2.05) is 12.1 Å². The van der Waals surface area contributed by atoms with E-state index in [-0.39, 0.29) is 6.04 Å². The fourth-order valence-electron chi connectivity index (χ4n) is 4.41. The highest BCUT2D eigenvalue weighted by Crippen LogP contribution is 2.29. The van der Waals surface area contributed by atoms with Gasteiger partial charge in [0.25, 0.3) is 0 Å². The zero-order valence-electron chi connectivity index (χ0n) is 21.7. The van der Waals surface area contributed by atoms with Gasteiger partial charge in [-0.1, -0.05) is 72.8 Å². The summed E-state index contributed by atoms with van der Waals surface area (Å²) in [6.45, 7) is 4.72. The molecule has 3 aromatic rings. The number of carbonyl (C=O) groups is 2. The molecule has 0 aromatic heterocycles. The largest absolute Gasteiger partial charge is 0.478 e. The molecule has 0 bridgehead atoms. The molecule has 1 aliphatic rings. The predicted molar refractivity (Wildman–Crippen MR) is 151 cm³/mol. The average Bonchev–Trinajstić information content (AvgIpc) is 2.90. The summed E-state index contributed by atoms with van der Waals surface area (Å²) in [4.78, 5) is 24.1. The maximum Gasteiger partial charge on any atom is 0.328 e. The number of rotatable bonds is 9. The molecular weight excluding hydrogens is 518 g/mol. The first-order valence-electron chi connectivity index (χ1n) is 12.4. The van der Waals surface area contributed by atoms with E-state index in [0.29, 0.717) is 17.8 Å². The Bertz CT molecular complexity index is 1300. The summed E-state index contributed by atoms with van der Waals surface area (Å²) in [6.07, 6.45) is 2.29. The molecule has 0 unspecified atom stereocenters. The number of benzene rings is 3. The number of aliphatic carboxylic acids is 2. The third-order valence-electron chi connectivity index (χ3n) is 6.01. The number of nitrogens with zero attached hydrogens (tertiary/aromatic N) is 2. The fraction of sp³-hybridized carbons (Fsp3) is 0.241. The number of carboxylic acids is 2. The number of sulfonamides is 1. The molecule has 1 aliphatic heterocycles. The second kappa shape index (κ2) is 14.2. The van der Waals surface area contributed by atoms with Crippen LogP contribution in [0.3, 0.4) is 0 Å². The van der Waals surface area contributed by atoms with Crippen LogP contribution in [0.2, 0.25) is 0 Å². The van der Waals surface area contributed by atoms with Gasteiger partial charge in [0.1, 0.15) is 0 Å². The van der Waals surface area contributed by atoms with E-state index in [9.17, 15) is 18.0 Å². The van der Waals surface area contributed by atoms with Crippen molar-refractivity contribution >= 4 is 27.6 Å². The zero-order valence-corrected chi connectivity index (χ0v) is 22.5. The lowest BCUT2D eigenvalue weighted by Crippen LogP contribution is -2.47. The average molecular weight is 552 g/mol. The van der Waals surface area contributed by atoms with Gasteiger partial charge in [0.15, 0.2) is 0 Å². The van der Waals surface area contributed by atoms with Crippen molar-refractivity contribution in [2.45, 2.75) is 12.6 Å². The molecule has 0 spiro atoms. The van der Waals surface area contributed by atoms with E-state index in [4.69, 9.17) is 10.2 Å². The summed E-state index contributed by atoms with van der Waals surface area (Å²) in [5.41, 5.74) is 4.38. The van der Waals surface area contributed by atoms with Gasteiger partial charge in [-0.3, -0.25) is 14.5 Å². The number of carboxylic acid groups (broad SMARTS) is 2. The van der Waals surface area contributed by atoms with Crippen molar-refractivity contribution in [3.63, 3.8) is 0 Å². The molecule has 3 N–H and O–H groups in total. The van der Waals surface area contributed by atoms with Crippen LogP contribution in [0.15, 0.2) is 97.1 Å². The quantitative estimate of drug-likeness (QED) is 0.344. The standard InChI is InChI=1S/C25H29N3O2S.C4H4O4/c1-31(29,30)26-24-14-8-9-21(19-24)20-27-15-17-28(18-16-27)25(22-10-4-2-5-11-22)23-12-6-3-7-13-23;5-3(6)1-2-4(7)8/h2-14,19,25-26H,15-18,20H2,1H3;1-2H,(H,5,6)(H,7,8)/b;2-1+. The van der Waals surface area contributed by atoms with E-state index < -0.39 is 22.0 Å². The van der Waals surface area contributed by atoms with Gasteiger partial charge < -0.3 is 10.2 Å². The second-order valence-electron chi connectivity index (χ2n) is 9.12. The van der Waals surface area contributed by atoms with Crippen molar-refractivity contribution in [2.24, 2.45) is 0 Å². The molecule has 3 aromatic carbocycles. The molecule has 39 heavy (non-hydrogen) atoms. The molecule has 4 rings (SSSR count). The first kappa shape index (κ1) is 29.6. The van der Waals surface area contributed by atoms with Gasteiger partial charge in [-0.15, -0.1) is 0 Å². The summed E-state index contributed by atoms with van der Waals surface area (Å²) in [5.74, 6) is -2.51. The molecule has 0 atom stereocenters. The minimum Gasteiger partial charge on any atom is -0.478 e. The fourth-order valence-corrected chi connectivity index (χ4v) is 4.97. The Kier molecular flexibility index (Phi) is 10.8. The van der Waals surface area contributed by atoms with Crippen LogP contribution in [0.4, 0.5) is 5.69 Å². The summed E-state index contributed by atoms with van der Waals surface area (Å²) < 4.78 is 25.6. The number of hydrogen-bond acceptors (Lipinski definition) is 6. The molecule has 1 saturated heterocycles. The molecule has 9 nitrogen and oxygen atoms in total. The van der Waals surface area contributed by atoms with E-state index in [1.165, 1.54) is 17.4 Å². The van der Waals surface area contributed by atoms with E-state index in [1.54, 1.807) is 6.07 Å². The van der Waals surface area contributed by atoms with Crippen molar-refractivity contribution in [1.29, 1.82) is 0 Å². The maximum absolute atomic E-state index is 11.5. The number of anilines is 1. The van der Waals surface area contributed by atoms with Gasteiger partial charge in [0.2, 0.25) is 10.0 Å². The Morgan fingerprint density at radius 3 is 1.79 bits per heavy atom. The monoisotopic (exact) mass is 551 g/mol. The van der Waals surface area contributed by atoms with E-state index in [0.717, 1.165) is 38.3 Å². The third-order valence-corrected chi connectivity index (χ3v) is 6.61. The van der Waals surface area contributed by atoms with Gasteiger partial charge in [0.05, 0.1) is 12.3 Å². The normalized spacial score (nSPS) is 14.5. The van der Waals surface area contributed by atoms with Crippen LogP contribution in [-0.4, -0.2) is 72.8 Å². The van der Waals surface area contributed by atoms with E-state index in [2.05, 4.69) is 81.3 Å². The van der Waals surface area contributed by atoms with Crippen molar-refractivity contribution < 1.29 is 28.2 Å². The van der Waals surface area contributed by atoms with Crippen molar-refractivity contribution in [3.8, 4) is 0 Å². The Balaban J connectivity index is 0.000000459. The first-order valence-corrected chi connectivity index (χ1v) is 14.3. The minimum absolute atomic E-state index is 0.256. The van der Waals surface area contributed by atoms with Crippen LogP contribution < -0.4 is 4.72 Å². The molecule has 0 radical (unpaired) electrons. The molecule has 1 fully saturated rings. The Morgan fingerprint density at radius 1 is 0.821 bits per heavy atom. The summed E-state index contributed by atoms with van der Waals surface area (Å²) in [7, 11) is -3.27. The third kappa shape index (κ3) is 10.4. The van der Waals surface area contributed by atoms with Crippen molar-refractivity contribution in [3.05, 3.63) is 114 Å². The van der Waals surface area contributed by atoms with Crippen LogP contribution in [0, 0.1) is 0 Å². The smallest absolute Gasteiger partial charge is 0.328 e. The molecule has 0 saturated carbocycles. The maximum atomic E-state index is 11.5. The van der Waals surface area contributed by atoms with Gasteiger partial charge >= 0.3 is 11.9 Å². The van der Waals surface area contributed by atoms with Gasteiger partial charge in [-0.05, 0) is 28.8 Å². The van der Waals surface area contributed by atoms with Crippen LogP contribution in [0.5, 0.6) is 0 Å². The first-order chi connectivity index (χ1) is 18.6. The molecule has 0 aliphatic carbocycles. The lowest BCUT2D eigenvalue weighted by molar-refractivity contribution is -0.134. The zero-order chi connectivity index (χ0) is 28.3. The van der Waals surface area contributed by atoms with Crippen LogP contribution in [0.25, 0.3) is 0 Å². The van der Waals surface area contributed by atoms with Gasteiger partial charge in [-0.2, -0.15) is 0 Å². The van der Waals surface area contributed by atoms with Crippen LogP contribution in [0.1, 0.15) is 22.7 Å². The van der Waals surface area contributed by atoms with Crippen LogP contribution >= 0.6 is 0 Å². The van der Waals surface area contributed by atoms with Gasteiger partial charge in [-0.25, -0.2) is 18.0 Å². The number of nitrogens with one attached hydrogen (secondary N) is 1. The lowest BCUT2D eigenvalue weighted by atomic mass is 9.96. The van der Waals surface area contributed by atoms with Crippen molar-refractivity contribution in [2.75, 3.05) is 37.2 Å². The van der Waals surface area contributed by atoms with E-state index >= 15 is 0 Å². The number of piperazine rings is 1. The molecular formula is C29H33N3O6S. The lowest BCUT2D eigenvalue weighted by Gasteiger charge is -2.40. The highest BCUT2D eigenvalue weighted by molar-refractivity contribution is 7.92. The summed E-state index contributed by atoms with van der Waals surface area (Å²) in [6, 6.07) is 29.3. The SMILES string of the molecule is CS(=O)(=O)Nc1cccc(CN2CCN(C(c3ccccc3)c3ccccc3)CC2)c1.O=C(O)/C=C/C(=O)O. The summed E-state index contributed by atoms with van der Waals surface area (Å²) in [5, 5.41) is 15.6. The van der Waals surface area contributed by atoms with Gasteiger partial charge in [0, 0.05) is 50.6 Å². The predicted octanol–water partition coefficient (Wildman–Crippen LogP) is 3.68.